The molecule has 4 nitrogen and oxygen atoms in total. The maximum absolute atomic E-state index is 13.3. The van der Waals surface area contributed by atoms with Crippen LogP contribution in [0.1, 0.15) is 21.6 Å². The van der Waals surface area contributed by atoms with Crippen LogP contribution in [0.2, 0.25) is 10.0 Å². The minimum atomic E-state index is -6.25. The molecule has 0 aliphatic carbocycles. The zero-order valence-electron chi connectivity index (χ0n) is 12.8. The number of hydrogen-bond donors (Lipinski definition) is 0. The van der Waals surface area contributed by atoms with E-state index in [-0.39, 0.29) is 0 Å². The van der Waals surface area contributed by atoms with Crippen molar-refractivity contribution in [1.82, 2.24) is 9.78 Å². The number of Topliss-reactive ketones (excluding diaryl/α,β-unsaturated/α-hetero) is 1. The van der Waals surface area contributed by atoms with Crippen LogP contribution < -0.4 is 0 Å². The van der Waals surface area contributed by atoms with Crippen molar-refractivity contribution in [1.29, 1.82) is 5.26 Å². The molecule has 0 N–H and O–H groups in total. The van der Waals surface area contributed by atoms with Crippen LogP contribution >= 0.6 is 23.2 Å². The monoisotopic (exact) mass is 451 g/mol. The number of nitrogens with zero attached hydrogens (tertiary/aromatic N) is 3. The van der Waals surface area contributed by atoms with Gasteiger partial charge in [0, 0.05) is 6.20 Å². The van der Waals surface area contributed by atoms with E-state index in [1.165, 1.54) is 0 Å². The van der Waals surface area contributed by atoms with Gasteiger partial charge in [-0.2, -0.15) is 45.5 Å². The van der Waals surface area contributed by atoms with Crippen LogP contribution in [0.4, 0.5) is 35.1 Å². The molecule has 2 rings (SSSR count). The summed E-state index contributed by atoms with van der Waals surface area (Å²) in [6.07, 6.45) is -10.8. The van der Waals surface area contributed by atoms with Gasteiger partial charge in [0.15, 0.2) is 5.69 Å². The zero-order chi connectivity index (χ0) is 21.7. The van der Waals surface area contributed by atoms with Gasteiger partial charge in [0.25, 0.3) is 0 Å². The predicted octanol–water partition coefficient (Wildman–Crippen LogP) is 5.45. The summed E-state index contributed by atoms with van der Waals surface area (Å²) in [6, 6.07) is 1.93. The molecule has 150 valence electrons. The Morgan fingerprint density at radius 3 is 1.93 bits per heavy atom. The van der Waals surface area contributed by atoms with Crippen LogP contribution in [0.25, 0.3) is 5.69 Å². The first-order valence-corrected chi connectivity index (χ1v) is 7.42. The van der Waals surface area contributed by atoms with Crippen LogP contribution in [0, 0.1) is 11.3 Å². The average Bonchev–Trinajstić information content (AvgIpc) is 2.95. The van der Waals surface area contributed by atoms with Crippen molar-refractivity contribution in [2.24, 2.45) is 0 Å². The number of ketones is 1. The second kappa shape index (κ2) is 6.89. The normalized spacial score (nSPS) is 12.8. The van der Waals surface area contributed by atoms with E-state index in [1.54, 1.807) is 0 Å². The van der Waals surface area contributed by atoms with Gasteiger partial charge in [-0.1, -0.05) is 23.2 Å². The van der Waals surface area contributed by atoms with Crippen molar-refractivity contribution in [2.45, 2.75) is 18.3 Å². The molecule has 1 aromatic carbocycles. The van der Waals surface area contributed by atoms with E-state index in [9.17, 15) is 39.9 Å². The standard InChI is InChI=1S/C14H3Cl2F8N3O/c15-7-1-5(13(19,20)21)2-8(16)10(7)27-4-6(9(3-25)26-27)11(28)12(17,18)14(22,23)24/h1-2,4H. The zero-order valence-corrected chi connectivity index (χ0v) is 14.3. The first-order valence-electron chi connectivity index (χ1n) is 6.67. The second-order valence-corrected chi connectivity index (χ2v) is 5.95. The highest BCUT2D eigenvalue weighted by molar-refractivity contribution is 6.37. The third-order valence-corrected chi connectivity index (χ3v) is 3.86. The number of nitriles is 1. The summed E-state index contributed by atoms with van der Waals surface area (Å²) < 4.78 is 102. The van der Waals surface area contributed by atoms with Crippen LogP contribution in [0.3, 0.4) is 0 Å². The second-order valence-electron chi connectivity index (χ2n) is 5.14. The smallest absolute Gasteiger partial charge is 0.287 e. The Kier molecular flexibility index (Phi) is 5.39. The molecular weight excluding hydrogens is 449 g/mol. The molecule has 0 radical (unpaired) electrons. The molecule has 0 aliphatic heterocycles. The molecule has 1 heterocycles. The van der Waals surface area contributed by atoms with E-state index < -0.39 is 56.6 Å². The minimum Gasteiger partial charge on any atom is -0.287 e. The molecule has 14 heteroatoms. The number of halogens is 10. The first kappa shape index (κ1) is 21.9. The largest absolute Gasteiger partial charge is 0.461 e. The number of aromatic nitrogens is 2. The number of rotatable bonds is 3. The number of carbonyl (C=O) groups is 1. The number of alkyl halides is 8. The fraction of sp³-hybridized carbons (Fsp3) is 0.214. The molecule has 0 bridgehead atoms. The van der Waals surface area contributed by atoms with E-state index in [0.717, 1.165) is 6.07 Å². The Bertz CT molecular complexity index is 965. The molecule has 0 amide bonds. The fourth-order valence-electron chi connectivity index (χ4n) is 1.98. The van der Waals surface area contributed by atoms with E-state index in [2.05, 4.69) is 5.10 Å². The Morgan fingerprint density at radius 2 is 1.54 bits per heavy atom. The Balaban J connectivity index is 2.64. The van der Waals surface area contributed by atoms with Crippen LogP contribution in [0.15, 0.2) is 18.3 Å². The molecule has 0 aliphatic rings. The summed E-state index contributed by atoms with van der Waals surface area (Å²) in [5.41, 5.74) is -4.40. The predicted molar refractivity (Wildman–Crippen MR) is 78.6 cm³/mol. The Hall–Kier alpha value is -2.39. The summed E-state index contributed by atoms with van der Waals surface area (Å²) in [4.78, 5) is 11.6. The molecule has 0 saturated heterocycles. The van der Waals surface area contributed by atoms with Gasteiger partial charge in [-0.3, -0.25) is 4.79 Å². The summed E-state index contributed by atoms with van der Waals surface area (Å²) >= 11 is 11.4. The van der Waals surface area contributed by atoms with Gasteiger partial charge in [-0.05, 0) is 12.1 Å². The third kappa shape index (κ3) is 3.77. The maximum Gasteiger partial charge on any atom is 0.461 e. The lowest BCUT2D eigenvalue weighted by Crippen LogP contribution is -2.44. The van der Waals surface area contributed by atoms with Gasteiger partial charge in [-0.15, -0.1) is 0 Å². The number of benzene rings is 1. The molecular formula is C14H3Cl2F8N3O. The summed E-state index contributed by atoms with van der Waals surface area (Å²) in [5, 5.41) is 10.8. The van der Waals surface area contributed by atoms with Gasteiger partial charge in [0.05, 0.1) is 21.2 Å². The highest BCUT2D eigenvalue weighted by atomic mass is 35.5. The van der Waals surface area contributed by atoms with E-state index >= 15 is 0 Å². The van der Waals surface area contributed by atoms with E-state index in [4.69, 9.17) is 28.5 Å². The van der Waals surface area contributed by atoms with Crippen molar-refractivity contribution in [3.63, 3.8) is 0 Å². The summed E-state index contributed by atoms with van der Waals surface area (Å²) in [6.45, 7) is 0. The van der Waals surface area contributed by atoms with Gasteiger partial charge >= 0.3 is 18.3 Å². The molecule has 0 spiro atoms. The number of hydrogen-bond acceptors (Lipinski definition) is 3. The lowest BCUT2D eigenvalue weighted by atomic mass is 10.1. The molecule has 1 aromatic heterocycles. The van der Waals surface area contributed by atoms with Crippen molar-refractivity contribution in [3.8, 4) is 11.8 Å². The summed E-state index contributed by atoms with van der Waals surface area (Å²) in [7, 11) is 0. The van der Waals surface area contributed by atoms with Crippen LogP contribution in [-0.2, 0) is 6.18 Å². The highest BCUT2D eigenvalue weighted by Crippen LogP contribution is 2.40. The van der Waals surface area contributed by atoms with Crippen molar-refractivity contribution in [3.05, 3.63) is 45.2 Å². The van der Waals surface area contributed by atoms with Crippen LogP contribution in [0.5, 0.6) is 0 Å². The van der Waals surface area contributed by atoms with Gasteiger partial charge in [0.1, 0.15) is 11.8 Å². The quantitative estimate of drug-likeness (QED) is 0.460. The Morgan fingerprint density at radius 1 is 1.04 bits per heavy atom. The Labute approximate surface area is 159 Å². The van der Waals surface area contributed by atoms with Crippen molar-refractivity contribution < 1.29 is 39.9 Å². The highest BCUT2D eigenvalue weighted by Gasteiger charge is 2.63. The molecule has 0 saturated carbocycles. The SMILES string of the molecule is N#Cc1nn(-c2c(Cl)cc(C(F)(F)F)cc2Cl)cc1C(=O)C(F)(F)C(F)(F)F. The van der Waals surface area contributed by atoms with Crippen molar-refractivity contribution in [2.75, 3.05) is 0 Å². The van der Waals surface area contributed by atoms with Crippen LogP contribution in [-0.4, -0.2) is 27.7 Å². The lowest BCUT2D eigenvalue weighted by molar-refractivity contribution is -0.255. The van der Waals surface area contributed by atoms with Crippen molar-refractivity contribution >= 4 is 29.0 Å². The van der Waals surface area contributed by atoms with Gasteiger partial charge < -0.3 is 0 Å². The third-order valence-electron chi connectivity index (χ3n) is 3.28. The summed E-state index contributed by atoms with van der Waals surface area (Å²) in [5.74, 6) is -8.61. The lowest BCUT2D eigenvalue weighted by Gasteiger charge is -2.17. The topological polar surface area (TPSA) is 58.7 Å². The fourth-order valence-corrected chi connectivity index (χ4v) is 2.64. The molecule has 2 aromatic rings. The minimum absolute atomic E-state index is 0.293. The van der Waals surface area contributed by atoms with E-state index in [1.807, 2.05) is 0 Å². The molecule has 0 fully saturated rings. The molecule has 28 heavy (non-hydrogen) atoms. The van der Waals surface area contributed by atoms with E-state index in [0.29, 0.717) is 23.0 Å². The molecule has 0 atom stereocenters. The maximum atomic E-state index is 13.3. The first-order chi connectivity index (χ1) is 12.6. The van der Waals surface area contributed by atoms with Gasteiger partial charge in [-0.25, -0.2) is 4.68 Å². The average molecular weight is 452 g/mol. The number of carbonyl (C=O) groups excluding carboxylic acids is 1. The van der Waals surface area contributed by atoms with Gasteiger partial charge in [0.2, 0.25) is 5.78 Å². The molecule has 0 unspecified atom stereocenters.